The smallest absolute Gasteiger partial charge is 0.217 e. The van der Waals surface area contributed by atoms with Crippen molar-refractivity contribution >= 4 is 0 Å². The van der Waals surface area contributed by atoms with Crippen molar-refractivity contribution in [1.29, 1.82) is 0 Å². The fourth-order valence-electron chi connectivity index (χ4n) is 1.72. The van der Waals surface area contributed by atoms with Crippen molar-refractivity contribution in [3.63, 3.8) is 0 Å². The predicted octanol–water partition coefficient (Wildman–Crippen LogP) is 2.23. The molecule has 0 radical (unpaired) electrons. The zero-order chi connectivity index (χ0) is 9.38. The Bertz CT molecular complexity index is 462. The first-order valence-corrected chi connectivity index (χ1v) is 4.71. The summed E-state index contributed by atoms with van der Waals surface area (Å²) in [6.07, 6.45) is 2.74. The van der Waals surface area contributed by atoms with E-state index in [0.29, 0.717) is 0 Å². The summed E-state index contributed by atoms with van der Waals surface area (Å²) in [4.78, 5) is 0. The van der Waals surface area contributed by atoms with Gasteiger partial charge in [-0.05, 0) is 18.1 Å². The van der Waals surface area contributed by atoms with Crippen LogP contribution in [0.5, 0.6) is 11.6 Å². The van der Waals surface area contributed by atoms with Crippen molar-refractivity contribution in [3.05, 3.63) is 42.1 Å². The third-order valence-electron chi connectivity index (χ3n) is 2.46. The van der Waals surface area contributed by atoms with Gasteiger partial charge in [0.2, 0.25) is 5.88 Å². The van der Waals surface area contributed by atoms with E-state index in [-0.39, 0.29) is 0 Å². The lowest BCUT2D eigenvalue weighted by atomic mass is 10.1. The highest BCUT2D eigenvalue weighted by molar-refractivity contribution is 5.37. The monoisotopic (exact) mass is 186 g/mol. The second kappa shape index (κ2) is 2.87. The molecule has 70 valence electrons. The highest BCUT2D eigenvalue weighted by Gasteiger charge is 2.13. The summed E-state index contributed by atoms with van der Waals surface area (Å²) in [6, 6.07) is 10.0. The Balaban J connectivity index is 2.10. The van der Waals surface area contributed by atoms with Crippen LogP contribution >= 0.6 is 0 Å². The van der Waals surface area contributed by atoms with Gasteiger partial charge in [-0.3, -0.25) is 0 Å². The van der Waals surface area contributed by atoms with E-state index in [1.165, 1.54) is 5.56 Å². The van der Waals surface area contributed by atoms with Gasteiger partial charge >= 0.3 is 0 Å². The molecule has 0 saturated heterocycles. The lowest BCUT2D eigenvalue weighted by Crippen LogP contribution is -2.00. The molecule has 0 atom stereocenters. The number of hydrogen-bond acceptors (Lipinski definition) is 2. The minimum absolute atomic E-state index is 0.829. The quantitative estimate of drug-likeness (QED) is 0.630. The van der Waals surface area contributed by atoms with Crippen LogP contribution in [-0.2, 0) is 13.0 Å². The topological polar surface area (TPSA) is 27.1 Å². The molecule has 0 amide bonds. The number of rotatable bonds is 0. The zero-order valence-corrected chi connectivity index (χ0v) is 7.68. The van der Waals surface area contributed by atoms with E-state index in [9.17, 15) is 0 Å². The SMILES string of the molecule is c1ccc2c(c1)CCn1nccc1O2. The number of fused-ring (bicyclic) bond motifs is 2. The Morgan fingerprint density at radius 2 is 2.14 bits per heavy atom. The van der Waals surface area contributed by atoms with Crippen LogP contribution < -0.4 is 4.74 Å². The normalized spacial score (nSPS) is 13.7. The van der Waals surface area contributed by atoms with E-state index >= 15 is 0 Å². The average Bonchev–Trinajstić information content (AvgIpc) is 2.58. The summed E-state index contributed by atoms with van der Waals surface area (Å²) in [6.45, 7) is 0.888. The van der Waals surface area contributed by atoms with Crippen LogP contribution in [0.2, 0.25) is 0 Å². The largest absolute Gasteiger partial charge is 0.439 e. The van der Waals surface area contributed by atoms with E-state index in [1.54, 1.807) is 6.20 Å². The molecular weight excluding hydrogens is 176 g/mol. The molecule has 2 heterocycles. The van der Waals surface area contributed by atoms with Crippen molar-refractivity contribution in [1.82, 2.24) is 9.78 Å². The van der Waals surface area contributed by atoms with Crippen LogP contribution in [0.15, 0.2) is 36.5 Å². The van der Waals surface area contributed by atoms with Gasteiger partial charge in [0.1, 0.15) is 5.75 Å². The second-order valence-electron chi connectivity index (χ2n) is 3.35. The molecule has 0 saturated carbocycles. The Kier molecular flexibility index (Phi) is 1.56. The molecule has 0 bridgehead atoms. The zero-order valence-electron chi connectivity index (χ0n) is 7.68. The molecule has 0 unspecified atom stereocenters. The Hall–Kier alpha value is -1.77. The Morgan fingerprint density at radius 3 is 3.14 bits per heavy atom. The highest BCUT2D eigenvalue weighted by Crippen LogP contribution is 2.28. The molecule has 3 rings (SSSR count). The number of para-hydroxylation sites is 1. The van der Waals surface area contributed by atoms with Crippen LogP contribution in [0, 0.1) is 0 Å². The van der Waals surface area contributed by atoms with Crippen LogP contribution in [0.1, 0.15) is 5.56 Å². The minimum atomic E-state index is 0.829. The summed E-state index contributed by atoms with van der Waals surface area (Å²) in [7, 11) is 0. The number of hydrogen-bond donors (Lipinski definition) is 0. The maximum Gasteiger partial charge on any atom is 0.217 e. The number of nitrogens with zero attached hydrogens (tertiary/aromatic N) is 2. The molecule has 3 nitrogen and oxygen atoms in total. The summed E-state index contributed by atoms with van der Waals surface area (Å²) in [5, 5.41) is 4.19. The molecule has 0 aliphatic carbocycles. The highest BCUT2D eigenvalue weighted by atomic mass is 16.5. The van der Waals surface area contributed by atoms with Crippen molar-refractivity contribution in [2.45, 2.75) is 13.0 Å². The Morgan fingerprint density at radius 1 is 1.21 bits per heavy atom. The molecule has 1 aromatic heterocycles. The summed E-state index contributed by atoms with van der Waals surface area (Å²) >= 11 is 0. The van der Waals surface area contributed by atoms with Gasteiger partial charge in [0.05, 0.1) is 6.20 Å². The van der Waals surface area contributed by atoms with Gasteiger partial charge in [-0.1, -0.05) is 18.2 Å². The third-order valence-corrected chi connectivity index (χ3v) is 2.46. The van der Waals surface area contributed by atoms with Gasteiger partial charge < -0.3 is 4.74 Å². The molecule has 0 spiro atoms. The number of aromatic nitrogens is 2. The first-order valence-electron chi connectivity index (χ1n) is 4.71. The summed E-state index contributed by atoms with van der Waals surface area (Å²) in [5.74, 6) is 1.78. The average molecular weight is 186 g/mol. The molecule has 14 heavy (non-hydrogen) atoms. The lowest BCUT2D eigenvalue weighted by molar-refractivity contribution is 0.428. The molecule has 1 aromatic carbocycles. The van der Waals surface area contributed by atoms with Gasteiger partial charge in [0.15, 0.2) is 0 Å². The molecule has 1 aliphatic rings. The first-order chi connectivity index (χ1) is 6.93. The fourth-order valence-corrected chi connectivity index (χ4v) is 1.72. The Labute approximate surface area is 81.9 Å². The van der Waals surface area contributed by atoms with E-state index in [0.717, 1.165) is 24.6 Å². The van der Waals surface area contributed by atoms with Crippen molar-refractivity contribution < 1.29 is 4.74 Å². The van der Waals surface area contributed by atoms with Crippen LogP contribution in [0.25, 0.3) is 0 Å². The van der Waals surface area contributed by atoms with Crippen molar-refractivity contribution in [3.8, 4) is 11.6 Å². The van der Waals surface area contributed by atoms with E-state index in [1.807, 2.05) is 28.9 Å². The van der Waals surface area contributed by atoms with Gasteiger partial charge in [-0.25, -0.2) is 4.68 Å². The lowest BCUT2D eigenvalue weighted by Gasteiger charge is -2.04. The summed E-state index contributed by atoms with van der Waals surface area (Å²) < 4.78 is 7.63. The van der Waals surface area contributed by atoms with Gasteiger partial charge in [-0.15, -0.1) is 0 Å². The van der Waals surface area contributed by atoms with Crippen LogP contribution in [0.4, 0.5) is 0 Å². The van der Waals surface area contributed by atoms with Crippen molar-refractivity contribution in [2.75, 3.05) is 0 Å². The molecule has 0 fully saturated rings. The van der Waals surface area contributed by atoms with Crippen LogP contribution in [-0.4, -0.2) is 9.78 Å². The molecular formula is C11H10N2O. The van der Waals surface area contributed by atoms with Crippen LogP contribution in [0.3, 0.4) is 0 Å². The summed E-state index contributed by atoms with van der Waals surface area (Å²) in [5.41, 5.74) is 1.25. The standard InChI is InChI=1S/C11H10N2O/c1-2-4-10-9(3-1)6-8-13-11(14-10)5-7-12-13/h1-5,7H,6,8H2. The minimum Gasteiger partial charge on any atom is -0.439 e. The molecule has 3 heteroatoms. The molecule has 1 aliphatic heterocycles. The van der Waals surface area contributed by atoms with E-state index in [4.69, 9.17) is 4.74 Å². The maximum atomic E-state index is 5.74. The van der Waals surface area contributed by atoms with Gasteiger partial charge in [-0.2, -0.15) is 5.10 Å². The molecule has 2 aromatic rings. The second-order valence-corrected chi connectivity index (χ2v) is 3.35. The fraction of sp³-hybridized carbons (Fsp3) is 0.182. The van der Waals surface area contributed by atoms with Crippen molar-refractivity contribution in [2.24, 2.45) is 0 Å². The number of aryl methyl sites for hydroxylation is 2. The first kappa shape index (κ1) is 7.62. The van der Waals surface area contributed by atoms with Gasteiger partial charge in [0, 0.05) is 12.6 Å². The van der Waals surface area contributed by atoms with E-state index in [2.05, 4.69) is 11.2 Å². The van der Waals surface area contributed by atoms with Gasteiger partial charge in [0.25, 0.3) is 0 Å². The number of ether oxygens (including phenoxy) is 1. The molecule has 0 N–H and O–H groups in total. The number of benzene rings is 1. The maximum absolute atomic E-state index is 5.74. The van der Waals surface area contributed by atoms with E-state index < -0.39 is 0 Å². The predicted molar refractivity (Wildman–Crippen MR) is 52.4 cm³/mol. The third kappa shape index (κ3) is 1.09.